The quantitative estimate of drug-likeness (QED) is 0.374. The highest BCUT2D eigenvalue weighted by Gasteiger charge is 2.33. The van der Waals surface area contributed by atoms with Gasteiger partial charge in [0.15, 0.2) is 0 Å². The van der Waals surface area contributed by atoms with Crippen molar-refractivity contribution in [2.45, 2.75) is 32.9 Å². The van der Waals surface area contributed by atoms with Crippen LogP contribution in [0.1, 0.15) is 46.6 Å². The van der Waals surface area contributed by atoms with Crippen molar-refractivity contribution in [3.63, 3.8) is 0 Å². The molecule has 4 rings (SSSR count). The number of benzene rings is 2. The summed E-state index contributed by atoms with van der Waals surface area (Å²) in [6.07, 6.45) is 2.55. The smallest absolute Gasteiger partial charge is 0.273 e. The average Bonchev–Trinajstić information content (AvgIpc) is 3.31. The minimum atomic E-state index is -0.520. The van der Waals surface area contributed by atoms with Gasteiger partial charge in [0, 0.05) is 48.7 Å². The first kappa shape index (κ1) is 24.1. The zero-order chi connectivity index (χ0) is 25.1. The van der Waals surface area contributed by atoms with Crippen molar-refractivity contribution in [1.82, 2.24) is 14.4 Å². The van der Waals surface area contributed by atoms with Gasteiger partial charge in [0.1, 0.15) is 12.4 Å². The Balaban J connectivity index is 1.62. The Morgan fingerprint density at radius 2 is 1.94 bits per heavy atom. The number of carbonyl (C=O) groups is 2. The Hall–Kier alpha value is -4.01. The average molecular weight is 479 g/mol. The molecule has 35 heavy (non-hydrogen) atoms. The summed E-state index contributed by atoms with van der Waals surface area (Å²) < 4.78 is 16.1. The van der Waals surface area contributed by atoms with Crippen LogP contribution in [0.4, 0.5) is 10.1 Å². The molecule has 0 bridgehead atoms. The Kier molecular flexibility index (Phi) is 6.95. The second-order valence-electron chi connectivity index (χ2n) is 8.66. The number of halogens is 1. The summed E-state index contributed by atoms with van der Waals surface area (Å²) in [7, 11) is 0. The lowest BCUT2D eigenvalue weighted by molar-refractivity contribution is -0.385. The predicted octanol–water partition coefficient (Wildman–Crippen LogP) is 4.33. The minimum absolute atomic E-state index is 0.137. The number of hydrogen-bond donors (Lipinski definition) is 0. The maximum Gasteiger partial charge on any atom is 0.273 e. The van der Waals surface area contributed by atoms with E-state index in [9.17, 15) is 24.1 Å². The molecular weight excluding hydrogens is 451 g/mol. The molecule has 9 heteroatoms. The van der Waals surface area contributed by atoms with Crippen LogP contribution in [0.25, 0.3) is 0 Å². The second kappa shape index (κ2) is 10.1. The molecule has 1 unspecified atom stereocenters. The van der Waals surface area contributed by atoms with Crippen LogP contribution >= 0.6 is 0 Å². The van der Waals surface area contributed by atoms with E-state index < -0.39 is 16.9 Å². The van der Waals surface area contributed by atoms with E-state index in [2.05, 4.69) is 0 Å². The number of fused-ring (bicyclic) bond motifs is 1. The molecule has 2 heterocycles. The predicted molar refractivity (Wildman–Crippen MR) is 128 cm³/mol. The van der Waals surface area contributed by atoms with Crippen molar-refractivity contribution in [2.75, 3.05) is 19.6 Å². The number of hydrogen-bond acceptors (Lipinski definition) is 4. The van der Waals surface area contributed by atoms with Crippen LogP contribution in [0.3, 0.4) is 0 Å². The first-order chi connectivity index (χ1) is 16.8. The summed E-state index contributed by atoms with van der Waals surface area (Å²) in [5.74, 6) is -1.09. The van der Waals surface area contributed by atoms with Crippen LogP contribution in [-0.2, 0) is 11.3 Å². The van der Waals surface area contributed by atoms with Crippen molar-refractivity contribution in [3.05, 3.63) is 99.1 Å². The van der Waals surface area contributed by atoms with Gasteiger partial charge in [-0.25, -0.2) is 4.39 Å². The summed E-state index contributed by atoms with van der Waals surface area (Å²) in [6, 6.07) is 13.9. The highest BCUT2D eigenvalue weighted by molar-refractivity contribution is 5.97. The van der Waals surface area contributed by atoms with Crippen molar-refractivity contribution in [1.29, 1.82) is 0 Å². The van der Waals surface area contributed by atoms with Gasteiger partial charge in [0.2, 0.25) is 5.91 Å². The van der Waals surface area contributed by atoms with Crippen LogP contribution in [0, 0.1) is 22.9 Å². The number of carbonyl (C=O) groups excluding carboxylic acids is 2. The first-order valence-electron chi connectivity index (χ1n) is 11.5. The highest BCUT2D eigenvalue weighted by atomic mass is 19.1. The topological polar surface area (TPSA) is 88.7 Å². The van der Waals surface area contributed by atoms with E-state index in [-0.39, 0.29) is 29.5 Å². The van der Waals surface area contributed by atoms with Crippen LogP contribution in [0.2, 0.25) is 0 Å². The zero-order valence-electron chi connectivity index (χ0n) is 19.7. The summed E-state index contributed by atoms with van der Waals surface area (Å²) in [4.78, 5) is 40.8. The van der Waals surface area contributed by atoms with Gasteiger partial charge in [0.25, 0.3) is 11.6 Å². The number of nitro groups is 1. The fourth-order valence-corrected chi connectivity index (χ4v) is 4.58. The molecular formula is C26H27FN4O4. The summed E-state index contributed by atoms with van der Waals surface area (Å²) in [5.41, 5.74) is 2.01. The zero-order valence-corrected chi connectivity index (χ0v) is 19.7. The lowest BCUT2D eigenvalue weighted by Gasteiger charge is -2.38. The molecule has 0 radical (unpaired) electrons. The van der Waals surface area contributed by atoms with E-state index in [1.54, 1.807) is 30.0 Å². The van der Waals surface area contributed by atoms with Gasteiger partial charge in [-0.15, -0.1) is 0 Å². The second-order valence-corrected chi connectivity index (χ2v) is 8.66. The molecule has 0 spiro atoms. The van der Waals surface area contributed by atoms with E-state index in [1.807, 2.05) is 29.8 Å². The number of rotatable bonds is 7. The molecule has 2 amide bonds. The fourth-order valence-electron chi connectivity index (χ4n) is 4.58. The number of aromatic nitrogens is 1. The van der Waals surface area contributed by atoms with Crippen LogP contribution in [0.5, 0.6) is 0 Å². The summed E-state index contributed by atoms with van der Waals surface area (Å²) in [5, 5.41) is 11.3. The summed E-state index contributed by atoms with van der Waals surface area (Å²) in [6.45, 7) is 4.64. The van der Waals surface area contributed by atoms with Gasteiger partial charge in [-0.05, 0) is 49.2 Å². The Morgan fingerprint density at radius 3 is 2.66 bits per heavy atom. The van der Waals surface area contributed by atoms with Crippen molar-refractivity contribution in [3.8, 4) is 0 Å². The molecule has 1 atom stereocenters. The van der Waals surface area contributed by atoms with Crippen molar-refractivity contribution >= 4 is 17.5 Å². The van der Waals surface area contributed by atoms with E-state index in [0.717, 1.165) is 5.69 Å². The summed E-state index contributed by atoms with van der Waals surface area (Å²) >= 11 is 0. The van der Waals surface area contributed by atoms with Gasteiger partial charge >= 0.3 is 0 Å². The van der Waals surface area contributed by atoms with Crippen molar-refractivity contribution < 1.29 is 18.9 Å². The van der Waals surface area contributed by atoms with Gasteiger partial charge < -0.3 is 14.4 Å². The van der Waals surface area contributed by atoms with Gasteiger partial charge in [0.05, 0.1) is 11.0 Å². The van der Waals surface area contributed by atoms with E-state index in [0.29, 0.717) is 37.2 Å². The Morgan fingerprint density at radius 1 is 1.14 bits per heavy atom. The molecule has 182 valence electrons. The maximum atomic E-state index is 14.1. The number of amides is 2. The molecule has 0 aliphatic carbocycles. The third-order valence-corrected chi connectivity index (χ3v) is 6.28. The molecule has 0 N–H and O–H groups in total. The van der Waals surface area contributed by atoms with E-state index in [1.165, 1.54) is 29.2 Å². The van der Waals surface area contributed by atoms with Crippen LogP contribution in [0.15, 0.2) is 60.8 Å². The molecule has 3 aromatic rings. The molecule has 0 saturated carbocycles. The highest BCUT2D eigenvalue weighted by Crippen LogP contribution is 2.33. The number of nitro benzene ring substituents is 1. The monoisotopic (exact) mass is 478 g/mol. The molecule has 0 saturated heterocycles. The SMILES string of the molecule is CCCN(CC(=O)N1CCn2cccc2C1c1cccc(F)c1)C(=O)c1ccc(C)c([N+](=O)[O-])c1. The largest absolute Gasteiger partial charge is 0.348 e. The molecule has 1 aliphatic heterocycles. The molecule has 8 nitrogen and oxygen atoms in total. The molecule has 2 aromatic carbocycles. The molecule has 1 aromatic heterocycles. The lowest BCUT2D eigenvalue weighted by atomic mass is 9.99. The lowest BCUT2D eigenvalue weighted by Crippen LogP contribution is -2.48. The van der Waals surface area contributed by atoms with Gasteiger partial charge in [-0.3, -0.25) is 19.7 Å². The van der Waals surface area contributed by atoms with E-state index >= 15 is 0 Å². The number of aryl methyl sites for hydroxylation is 1. The van der Waals surface area contributed by atoms with Crippen LogP contribution in [-0.4, -0.2) is 50.7 Å². The third-order valence-electron chi connectivity index (χ3n) is 6.28. The first-order valence-corrected chi connectivity index (χ1v) is 11.5. The maximum absolute atomic E-state index is 14.1. The minimum Gasteiger partial charge on any atom is -0.348 e. The third kappa shape index (κ3) is 4.94. The fraction of sp³-hybridized carbons (Fsp3) is 0.308. The Bertz CT molecular complexity index is 1270. The normalized spacial score (nSPS) is 14.9. The van der Waals surface area contributed by atoms with Gasteiger partial charge in [-0.1, -0.05) is 25.1 Å². The number of nitrogens with zero attached hydrogens (tertiary/aromatic N) is 4. The van der Waals surface area contributed by atoms with Crippen LogP contribution < -0.4 is 0 Å². The Labute approximate surface area is 202 Å². The van der Waals surface area contributed by atoms with Crippen molar-refractivity contribution in [2.24, 2.45) is 0 Å². The van der Waals surface area contributed by atoms with Gasteiger partial charge in [-0.2, -0.15) is 0 Å². The molecule has 1 aliphatic rings. The molecule has 0 fully saturated rings. The standard InChI is InChI=1S/C26H27FN4O4/c1-3-11-29(26(33)20-10-9-18(2)23(16-20)31(34)35)17-24(32)30-14-13-28-12-5-8-22(28)25(30)19-6-4-7-21(27)15-19/h4-10,12,15-16,25H,3,11,13-14,17H2,1-2H3. The van der Waals surface area contributed by atoms with E-state index in [4.69, 9.17) is 0 Å².